The minimum Gasteiger partial charge on any atom is -0.495 e. The van der Waals surface area contributed by atoms with Crippen molar-refractivity contribution in [2.45, 2.75) is 46.1 Å². The Hall–Kier alpha value is -2.67. The van der Waals surface area contributed by atoms with Crippen molar-refractivity contribution in [2.24, 2.45) is 0 Å². The molecule has 6 nitrogen and oxygen atoms in total. The fraction of sp³-hybridized carbons (Fsp3) is 0.381. The average Bonchev–Trinajstić information content (AvgIpc) is 3.03. The van der Waals surface area contributed by atoms with E-state index >= 15 is 0 Å². The number of ether oxygens (including phenoxy) is 1. The van der Waals surface area contributed by atoms with E-state index in [9.17, 15) is 9.59 Å². The number of carbonyl (C=O) groups is 1. The largest absolute Gasteiger partial charge is 0.495 e. The lowest BCUT2D eigenvalue weighted by Crippen LogP contribution is -2.30. The van der Waals surface area contributed by atoms with E-state index in [-0.39, 0.29) is 18.0 Å². The predicted molar refractivity (Wildman–Crippen MR) is 112 cm³/mol. The zero-order valence-corrected chi connectivity index (χ0v) is 17.1. The lowest BCUT2D eigenvalue weighted by atomic mass is 9.97. The summed E-state index contributed by atoms with van der Waals surface area (Å²) in [4.78, 5) is 32.5. The number of nitrogens with zero attached hydrogens (tertiary/aromatic N) is 2. The summed E-state index contributed by atoms with van der Waals surface area (Å²) in [5.74, 6) is 0.866. The predicted octanol–water partition coefficient (Wildman–Crippen LogP) is 3.60. The van der Waals surface area contributed by atoms with E-state index in [4.69, 9.17) is 4.74 Å². The topological polar surface area (TPSA) is 73.2 Å². The molecule has 3 aromatic rings. The van der Waals surface area contributed by atoms with Crippen molar-refractivity contribution in [1.82, 2.24) is 9.55 Å². The Bertz CT molecular complexity index is 1130. The monoisotopic (exact) mass is 397 g/mol. The Morgan fingerprint density at radius 1 is 1.29 bits per heavy atom. The van der Waals surface area contributed by atoms with Gasteiger partial charge in [-0.05, 0) is 62.8 Å². The molecule has 0 radical (unpaired) electrons. The summed E-state index contributed by atoms with van der Waals surface area (Å²) in [6.45, 7) is 3.65. The first-order valence-corrected chi connectivity index (χ1v) is 10.3. The average molecular weight is 398 g/mol. The maximum Gasteiger partial charge on any atom is 0.263 e. The summed E-state index contributed by atoms with van der Waals surface area (Å²) in [5, 5.41) is 3.56. The highest BCUT2D eigenvalue weighted by Gasteiger charge is 2.22. The zero-order valence-electron chi connectivity index (χ0n) is 16.3. The highest BCUT2D eigenvalue weighted by molar-refractivity contribution is 7.18. The van der Waals surface area contributed by atoms with Gasteiger partial charge in [-0.2, -0.15) is 0 Å². The lowest BCUT2D eigenvalue weighted by Gasteiger charge is -2.14. The van der Waals surface area contributed by atoms with Gasteiger partial charge < -0.3 is 10.1 Å². The molecule has 2 aromatic heterocycles. The molecule has 28 heavy (non-hydrogen) atoms. The van der Waals surface area contributed by atoms with Crippen molar-refractivity contribution in [1.29, 1.82) is 0 Å². The third kappa shape index (κ3) is 3.30. The van der Waals surface area contributed by atoms with E-state index in [0.29, 0.717) is 22.6 Å². The molecule has 1 N–H and O–H groups in total. The maximum atomic E-state index is 13.2. The van der Waals surface area contributed by atoms with Crippen LogP contribution in [0.15, 0.2) is 23.0 Å². The number of amides is 1. The van der Waals surface area contributed by atoms with Crippen LogP contribution in [0.2, 0.25) is 0 Å². The second-order valence-corrected chi connectivity index (χ2v) is 8.28. The summed E-state index contributed by atoms with van der Waals surface area (Å²) in [5.41, 5.74) is 2.63. The van der Waals surface area contributed by atoms with Crippen molar-refractivity contribution in [3.63, 3.8) is 0 Å². The second-order valence-electron chi connectivity index (χ2n) is 7.19. The van der Waals surface area contributed by atoms with E-state index in [1.54, 1.807) is 25.4 Å². The molecular formula is C21H23N3O3S. The van der Waals surface area contributed by atoms with Gasteiger partial charge in [0.1, 0.15) is 22.9 Å². The molecule has 7 heteroatoms. The number of aromatic nitrogens is 2. The van der Waals surface area contributed by atoms with Gasteiger partial charge >= 0.3 is 0 Å². The van der Waals surface area contributed by atoms with E-state index in [1.165, 1.54) is 9.44 Å². The number of methoxy groups -OCH3 is 1. The Morgan fingerprint density at radius 2 is 2.07 bits per heavy atom. The van der Waals surface area contributed by atoms with Crippen molar-refractivity contribution in [2.75, 3.05) is 12.4 Å². The minimum absolute atomic E-state index is 0.0741. The molecule has 2 heterocycles. The molecule has 0 fully saturated rings. The number of hydrogen-bond donors (Lipinski definition) is 1. The van der Waals surface area contributed by atoms with Crippen molar-refractivity contribution < 1.29 is 9.53 Å². The molecule has 1 aliphatic rings. The molecular weight excluding hydrogens is 374 g/mol. The lowest BCUT2D eigenvalue weighted by molar-refractivity contribution is -0.116. The Balaban J connectivity index is 1.67. The van der Waals surface area contributed by atoms with Gasteiger partial charge in [-0.15, -0.1) is 11.3 Å². The Kier molecular flexibility index (Phi) is 4.93. The SMILES string of the molecule is COc1ccc(C)cc1NC(=O)Cn1c(C)nc2sc3c(c2c1=O)CCCC3. The molecule has 0 saturated heterocycles. The molecule has 0 bridgehead atoms. The minimum atomic E-state index is -0.278. The first kappa shape index (κ1) is 18.7. The number of carbonyl (C=O) groups excluding carboxylic acids is 1. The number of aryl methyl sites for hydroxylation is 4. The number of fused-ring (bicyclic) bond motifs is 3. The number of anilines is 1. The first-order chi connectivity index (χ1) is 13.5. The quantitative estimate of drug-likeness (QED) is 0.730. The number of benzene rings is 1. The summed E-state index contributed by atoms with van der Waals surface area (Å²) in [7, 11) is 1.56. The van der Waals surface area contributed by atoms with Crippen LogP contribution in [0, 0.1) is 13.8 Å². The van der Waals surface area contributed by atoms with E-state index in [2.05, 4.69) is 10.3 Å². The van der Waals surface area contributed by atoms with Gasteiger partial charge in [0.15, 0.2) is 0 Å². The van der Waals surface area contributed by atoms with E-state index in [1.807, 2.05) is 25.1 Å². The van der Waals surface area contributed by atoms with Crippen molar-refractivity contribution in [3.05, 3.63) is 50.4 Å². The van der Waals surface area contributed by atoms with Crippen LogP contribution in [-0.2, 0) is 24.2 Å². The van der Waals surface area contributed by atoms with Gasteiger partial charge in [0.05, 0.1) is 18.2 Å². The van der Waals surface area contributed by atoms with Crippen LogP contribution in [0.5, 0.6) is 5.75 Å². The van der Waals surface area contributed by atoms with Gasteiger partial charge in [0.25, 0.3) is 5.56 Å². The van der Waals surface area contributed by atoms with Gasteiger partial charge in [-0.3, -0.25) is 14.2 Å². The Labute approximate surface area is 167 Å². The van der Waals surface area contributed by atoms with Crippen molar-refractivity contribution >= 4 is 33.1 Å². The summed E-state index contributed by atoms with van der Waals surface area (Å²) < 4.78 is 6.79. The number of thiophene rings is 1. The normalized spacial score (nSPS) is 13.4. The van der Waals surface area contributed by atoms with Gasteiger partial charge in [-0.25, -0.2) is 4.98 Å². The van der Waals surface area contributed by atoms with E-state index < -0.39 is 0 Å². The number of rotatable bonds is 4. The molecule has 1 aliphatic carbocycles. The smallest absolute Gasteiger partial charge is 0.263 e. The second kappa shape index (κ2) is 7.39. The Morgan fingerprint density at radius 3 is 2.86 bits per heavy atom. The highest BCUT2D eigenvalue weighted by atomic mass is 32.1. The van der Waals surface area contributed by atoms with Gasteiger partial charge in [0.2, 0.25) is 5.91 Å². The van der Waals surface area contributed by atoms with Crippen LogP contribution >= 0.6 is 11.3 Å². The van der Waals surface area contributed by atoms with Crippen LogP contribution in [0.3, 0.4) is 0 Å². The molecule has 0 aliphatic heterocycles. The molecule has 0 atom stereocenters. The molecule has 1 aromatic carbocycles. The highest BCUT2D eigenvalue weighted by Crippen LogP contribution is 2.33. The third-order valence-electron chi connectivity index (χ3n) is 5.20. The molecule has 0 spiro atoms. The first-order valence-electron chi connectivity index (χ1n) is 9.44. The zero-order chi connectivity index (χ0) is 19.8. The van der Waals surface area contributed by atoms with E-state index in [0.717, 1.165) is 41.6 Å². The van der Waals surface area contributed by atoms with Crippen LogP contribution in [0.25, 0.3) is 10.2 Å². The van der Waals surface area contributed by atoms with Crippen LogP contribution in [0.4, 0.5) is 5.69 Å². The number of hydrogen-bond acceptors (Lipinski definition) is 5. The molecule has 146 valence electrons. The van der Waals surface area contributed by atoms with Crippen molar-refractivity contribution in [3.8, 4) is 5.75 Å². The summed E-state index contributed by atoms with van der Waals surface area (Å²) in [6, 6.07) is 5.58. The van der Waals surface area contributed by atoms with Gasteiger partial charge in [-0.1, -0.05) is 6.07 Å². The van der Waals surface area contributed by atoms with Gasteiger partial charge in [0, 0.05) is 4.88 Å². The molecule has 4 rings (SSSR count). The summed E-state index contributed by atoms with van der Waals surface area (Å²) in [6.07, 6.45) is 4.19. The molecule has 0 saturated carbocycles. The summed E-state index contributed by atoms with van der Waals surface area (Å²) >= 11 is 1.62. The third-order valence-corrected chi connectivity index (χ3v) is 6.38. The fourth-order valence-electron chi connectivity index (χ4n) is 3.78. The van der Waals surface area contributed by atoms with Crippen LogP contribution < -0.4 is 15.6 Å². The maximum absolute atomic E-state index is 13.2. The number of nitrogens with one attached hydrogen (secondary N) is 1. The molecule has 1 amide bonds. The standard InChI is InChI=1S/C21H23N3O3S/c1-12-8-9-16(27-3)15(10-12)23-18(25)11-24-13(2)22-20-19(21(24)26)14-6-4-5-7-17(14)28-20/h8-10H,4-7,11H2,1-3H3,(H,23,25). The van der Waals surface area contributed by atoms with Crippen LogP contribution in [0.1, 0.15) is 34.7 Å². The fourth-order valence-corrected chi connectivity index (χ4v) is 5.08. The van der Waals surface area contributed by atoms with Crippen LogP contribution in [-0.4, -0.2) is 22.6 Å². The molecule has 0 unspecified atom stereocenters.